The predicted molar refractivity (Wildman–Crippen MR) is 84.7 cm³/mol. The molecule has 3 aliphatic rings. The maximum atomic E-state index is 12.3. The fourth-order valence-corrected chi connectivity index (χ4v) is 4.84. The van der Waals surface area contributed by atoms with Crippen molar-refractivity contribution in [1.82, 2.24) is 0 Å². The van der Waals surface area contributed by atoms with Crippen LogP contribution in [0.5, 0.6) is 5.75 Å². The van der Waals surface area contributed by atoms with Crippen molar-refractivity contribution < 1.29 is 14.6 Å². The molecule has 1 aromatic rings. The molecule has 0 spiro atoms. The quantitative estimate of drug-likeness (QED) is 0.866. The third-order valence-electron chi connectivity index (χ3n) is 6.31. The highest BCUT2D eigenvalue weighted by molar-refractivity contribution is 5.91. The standard InChI is InChI=1S/C19H22O3/c1-18-9-7-15-14-5-4-13(22-2)11-12(14)3-6-16(15)19(18,21)10-8-17(18)20/h4-5,7,11,16,21H,3,6,8-10H2,1-2H3/t16?,18-,19+/m1/s1. The molecule has 0 saturated heterocycles. The van der Waals surface area contributed by atoms with Crippen LogP contribution in [-0.2, 0) is 11.2 Å². The third kappa shape index (κ3) is 1.58. The van der Waals surface area contributed by atoms with Gasteiger partial charge in [0.1, 0.15) is 11.5 Å². The van der Waals surface area contributed by atoms with Crippen molar-refractivity contribution in [2.45, 2.75) is 44.6 Å². The summed E-state index contributed by atoms with van der Waals surface area (Å²) in [4.78, 5) is 12.3. The molecule has 1 unspecified atom stereocenters. The maximum absolute atomic E-state index is 12.3. The van der Waals surface area contributed by atoms with Gasteiger partial charge in [0.2, 0.25) is 0 Å². The topological polar surface area (TPSA) is 46.5 Å². The summed E-state index contributed by atoms with van der Waals surface area (Å²) in [6.07, 6.45) is 5.81. The molecule has 116 valence electrons. The van der Waals surface area contributed by atoms with E-state index in [4.69, 9.17) is 4.74 Å². The van der Waals surface area contributed by atoms with Crippen LogP contribution in [0.1, 0.15) is 43.7 Å². The van der Waals surface area contributed by atoms with Gasteiger partial charge in [-0.2, -0.15) is 0 Å². The van der Waals surface area contributed by atoms with E-state index >= 15 is 0 Å². The van der Waals surface area contributed by atoms with E-state index in [2.05, 4.69) is 18.2 Å². The van der Waals surface area contributed by atoms with Crippen LogP contribution in [0.25, 0.3) is 5.57 Å². The second-order valence-corrected chi connectivity index (χ2v) is 7.16. The Bertz CT molecular complexity index is 690. The fraction of sp³-hybridized carbons (Fsp3) is 0.526. The Kier molecular flexibility index (Phi) is 2.83. The second kappa shape index (κ2) is 4.45. The first-order valence-electron chi connectivity index (χ1n) is 8.12. The van der Waals surface area contributed by atoms with Crippen molar-refractivity contribution in [3.8, 4) is 5.75 Å². The number of Topliss-reactive ketones (excluding diaryl/α,β-unsaturated/α-hetero) is 1. The minimum atomic E-state index is -0.869. The second-order valence-electron chi connectivity index (χ2n) is 7.16. The third-order valence-corrected chi connectivity index (χ3v) is 6.31. The molecule has 22 heavy (non-hydrogen) atoms. The first kappa shape index (κ1) is 14.0. The van der Waals surface area contributed by atoms with Crippen molar-refractivity contribution in [2.75, 3.05) is 7.11 Å². The van der Waals surface area contributed by atoms with Crippen molar-refractivity contribution in [3.63, 3.8) is 0 Å². The molecule has 0 amide bonds. The van der Waals surface area contributed by atoms with E-state index in [0.717, 1.165) is 18.6 Å². The Morgan fingerprint density at radius 3 is 2.91 bits per heavy atom. The van der Waals surface area contributed by atoms with Gasteiger partial charge in [0.25, 0.3) is 0 Å². The van der Waals surface area contributed by atoms with Crippen LogP contribution in [-0.4, -0.2) is 23.6 Å². The number of aryl methyl sites for hydroxylation is 1. The van der Waals surface area contributed by atoms with E-state index in [0.29, 0.717) is 19.3 Å². The zero-order valence-corrected chi connectivity index (χ0v) is 13.2. The molecule has 3 nitrogen and oxygen atoms in total. The molecule has 3 heteroatoms. The number of ether oxygens (including phenoxy) is 1. The van der Waals surface area contributed by atoms with E-state index in [1.165, 1.54) is 16.7 Å². The molecule has 1 aromatic carbocycles. The molecule has 0 bridgehead atoms. The molecular formula is C19H22O3. The number of carbonyl (C=O) groups excluding carboxylic acids is 1. The van der Waals surface area contributed by atoms with Gasteiger partial charge in [0.05, 0.1) is 18.1 Å². The average Bonchev–Trinajstić information content (AvgIpc) is 2.78. The van der Waals surface area contributed by atoms with Crippen molar-refractivity contribution in [3.05, 3.63) is 35.4 Å². The monoisotopic (exact) mass is 298 g/mol. The van der Waals surface area contributed by atoms with Gasteiger partial charge in [-0.3, -0.25) is 4.79 Å². The molecule has 3 aliphatic carbocycles. The normalized spacial score (nSPS) is 36.2. The molecule has 1 N–H and O–H groups in total. The summed E-state index contributed by atoms with van der Waals surface area (Å²) in [6, 6.07) is 6.19. The molecule has 3 atom stereocenters. The number of methoxy groups -OCH3 is 1. The van der Waals surface area contributed by atoms with E-state index < -0.39 is 11.0 Å². The van der Waals surface area contributed by atoms with Crippen LogP contribution < -0.4 is 4.74 Å². The zero-order valence-electron chi connectivity index (χ0n) is 13.2. The SMILES string of the molecule is COc1ccc2c(c1)CCC1C2=CC[C@]2(C)C(=O)CC[C@]12O. The molecule has 0 heterocycles. The number of hydrogen-bond acceptors (Lipinski definition) is 3. The van der Waals surface area contributed by atoms with Gasteiger partial charge in [-0.15, -0.1) is 0 Å². The fourth-order valence-electron chi connectivity index (χ4n) is 4.84. The van der Waals surface area contributed by atoms with Gasteiger partial charge in [0.15, 0.2) is 0 Å². The van der Waals surface area contributed by atoms with Crippen LogP contribution in [0.4, 0.5) is 0 Å². The number of allylic oxidation sites excluding steroid dienone is 1. The van der Waals surface area contributed by atoms with Crippen molar-refractivity contribution in [1.29, 1.82) is 0 Å². The summed E-state index contributed by atoms with van der Waals surface area (Å²) in [5.41, 5.74) is 2.29. The number of rotatable bonds is 1. The number of aliphatic hydroxyl groups is 1. The number of hydrogen-bond donors (Lipinski definition) is 1. The van der Waals surface area contributed by atoms with E-state index in [1.807, 2.05) is 13.0 Å². The number of ketones is 1. The predicted octanol–water partition coefficient (Wildman–Crippen LogP) is 3.15. The average molecular weight is 298 g/mol. The van der Waals surface area contributed by atoms with E-state index in [-0.39, 0.29) is 11.7 Å². The molecule has 0 aromatic heterocycles. The van der Waals surface area contributed by atoms with Gasteiger partial charge in [-0.05, 0) is 61.4 Å². The first-order chi connectivity index (χ1) is 10.5. The summed E-state index contributed by atoms with van der Waals surface area (Å²) in [5.74, 6) is 1.19. The lowest BCUT2D eigenvalue weighted by atomic mass is 9.57. The summed E-state index contributed by atoms with van der Waals surface area (Å²) in [5, 5.41) is 11.4. The minimum Gasteiger partial charge on any atom is -0.497 e. The van der Waals surface area contributed by atoms with Crippen LogP contribution >= 0.6 is 0 Å². The molecule has 4 rings (SSSR count). The number of fused-ring (bicyclic) bond motifs is 5. The van der Waals surface area contributed by atoms with E-state index in [1.54, 1.807) is 7.11 Å². The smallest absolute Gasteiger partial charge is 0.142 e. The maximum Gasteiger partial charge on any atom is 0.142 e. The highest BCUT2D eigenvalue weighted by atomic mass is 16.5. The van der Waals surface area contributed by atoms with E-state index in [9.17, 15) is 9.90 Å². The summed E-state index contributed by atoms with van der Waals surface area (Å²) >= 11 is 0. The summed E-state index contributed by atoms with van der Waals surface area (Å²) in [6.45, 7) is 1.96. The van der Waals surface area contributed by atoms with Gasteiger partial charge >= 0.3 is 0 Å². The molecule has 0 aliphatic heterocycles. The van der Waals surface area contributed by atoms with Crippen LogP contribution in [0.2, 0.25) is 0 Å². The Labute approximate surface area is 131 Å². The number of carbonyl (C=O) groups is 1. The molecule has 1 fully saturated rings. The Morgan fingerprint density at radius 1 is 1.32 bits per heavy atom. The van der Waals surface area contributed by atoms with Gasteiger partial charge in [-0.25, -0.2) is 0 Å². The Balaban J connectivity index is 1.83. The summed E-state index contributed by atoms with van der Waals surface area (Å²) in [7, 11) is 1.69. The summed E-state index contributed by atoms with van der Waals surface area (Å²) < 4.78 is 5.32. The lowest BCUT2D eigenvalue weighted by Gasteiger charge is -2.49. The molecule has 1 saturated carbocycles. The Morgan fingerprint density at radius 2 is 2.14 bits per heavy atom. The molecule has 0 radical (unpaired) electrons. The number of benzene rings is 1. The molecular weight excluding hydrogens is 276 g/mol. The zero-order chi connectivity index (χ0) is 15.5. The van der Waals surface area contributed by atoms with Gasteiger partial charge in [0, 0.05) is 12.3 Å². The highest BCUT2D eigenvalue weighted by Crippen LogP contribution is 2.59. The van der Waals surface area contributed by atoms with Crippen molar-refractivity contribution >= 4 is 11.4 Å². The lowest BCUT2D eigenvalue weighted by molar-refractivity contribution is -0.140. The Hall–Kier alpha value is -1.61. The van der Waals surface area contributed by atoms with Crippen LogP contribution in [0, 0.1) is 11.3 Å². The first-order valence-corrected chi connectivity index (χ1v) is 8.12. The highest BCUT2D eigenvalue weighted by Gasteiger charge is 2.62. The van der Waals surface area contributed by atoms with Crippen molar-refractivity contribution in [2.24, 2.45) is 11.3 Å². The van der Waals surface area contributed by atoms with Crippen LogP contribution in [0.15, 0.2) is 24.3 Å². The van der Waals surface area contributed by atoms with Gasteiger partial charge in [-0.1, -0.05) is 12.1 Å². The van der Waals surface area contributed by atoms with Crippen LogP contribution in [0.3, 0.4) is 0 Å². The van der Waals surface area contributed by atoms with Gasteiger partial charge < -0.3 is 9.84 Å². The minimum absolute atomic E-state index is 0.0820. The lowest BCUT2D eigenvalue weighted by Crippen LogP contribution is -2.53. The largest absolute Gasteiger partial charge is 0.497 e.